The Kier molecular flexibility index (Phi) is 3.69. The Labute approximate surface area is 78.8 Å². The van der Waals surface area contributed by atoms with Crippen molar-refractivity contribution in [2.24, 2.45) is 0 Å². The number of rotatable bonds is 2. The Hall–Kier alpha value is -0.610. The van der Waals surface area contributed by atoms with Gasteiger partial charge in [-0.15, -0.1) is 0 Å². The molecule has 2 atom stereocenters. The maximum Gasteiger partial charge on any atom is 0.251 e. The van der Waals surface area contributed by atoms with Crippen molar-refractivity contribution in [1.82, 2.24) is 4.90 Å². The van der Waals surface area contributed by atoms with Gasteiger partial charge < -0.3 is 14.4 Å². The highest BCUT2D eigenvalue weighted by molar-refractivity contribution is 5.80. The van der Waals surface area contributed by atoms with Crippen LogP contribution in [0.2, 0.25) is 0 Å². The Morgan fingerprint density at radius 3 is 2.92 bits per heavy atom. The lowest BCUT2D eigenvalue weighted by atomic mass is 10.2. The number of nitrogens with zero attached hydrogens (tertiary/aromatic N) is 1. The van der Waals surface area contributed by atoms with Crippen LogP contribution in [0.1, 0.15) is 13.8 Å². The SMILES string of the molecule is COC(C)C(=O)N1CCOC[C@@H]1C. The van der Waals surface area contributed by atoms with E-state index in [1.54, 1.807) is 14.0 Å². The van der Waals surface area contributed by atoms with Gasteiger partial charge in [-0.2, -0.15) is 0 Å². The normalized spacial score (nSPS) is 25.8. The highest BCUT2D eigenvalue weighted by atomic mass is 16.5. The average Bonchev–Trinajstić information content (AvgIpc) is 2.16. The van der Waals surface area contributed by atoms with Crippen LogP contribution in [0, 0.1) is 0 Å². The van der Waals surface area contributed by atoms with Crippen molar-refractivity contribution in [3.8, 4) is 0 Å². The summed E-state index contributed by atoms with van der Waals surface area (Å²) in [5, 5.41) is 0. The van der Waals surface area contributed by atoms with Gasteiger partial charge in [0, 0.05) is 13.7 Å². The van der Waals surface area contributed by atoms with Gasteiger partial charge in [-0.3, -0.25) is 4.79 Å². The Balaban J connectivity index is 2.53. The zero-order chi connectivity index (χ0) is 9.84. The predicted molar refractivity (Wildman–Crippen MR) is 48.5 cm³/mol. The first-order valence-corrected chi connectivity index (χ1v) is 4.58. The van der Waals surface area contributed by atoms with Gasteiger partial charge in [0.05, 0.1) is 19.3 Å². The smallest absolute Gasteiger partial charge is 0.251 e. The zero-order valence-electron chi connectivity index (χ0n) is 8.45. The summed E-state index contributed by atoms with van der Waals surface area (Å²) in [7, 11) is 1.55. The molecule has 1 unspecified atom stereocenters. The number of amides is 1. The van der Waals surface area contributed by atoms with Crippen molar-refractivity contribution in [2.75, 3.05) is 26.9 Å². The van der Waals surface area contributed by atoms with Crippen molar-refractivity contribution >= 4 is 5.91 Å². The van der Waals surface area contributed by atoms with Crippen molar-refractivity contribution in [3.63, 3.8) is 0 Å². The summed E-state index contributed by atoms with van der Waals surface area (Å²) in [5.74, 6) is 0.0540. The van der Waals surface area contributed by atoms with Gasteiger partial charge in [0.15, 0.2) is 0 Å². The molecule has 1 rings (SSSR count). The molecule has 1 aliphatic heterocycles. The molecule has 0 N–H and O–H groups in total. The molecule has 1 heterocycles. The lowest BCUT2D eigenvalue weighted by Crippen LogP contribution is -2.50. The van der Waals surface area contributed by atoms with E-state index in [9.17, 15) is 4.79 Å². The summed E-state index contributed by atoms with van der Waals surface area (Å²) in [5.41, 5.74) is 0. The molecule has 0 bridgehead atoms. The van der Waals surface area contributed by atoms with Crippen LogP contribution in [0.15, 0.2) is 0 Å². The monoisotopic (exact) mass is 187 g/mol. The Bertz CT molecular complexity index is 184. The van der Waals surface area contributed by atoms with Crippen LogP contribution in [-0.4, -0.2) is 49.8 Å². The van der Waals surface area contributed by atoms with Crippen molar-refractivity contribution in [3.05, 3.63) is 0 Å². The summed E-state index contributed by atoms with van der Waals surface area (Å²) in [4.78, 5) is 13.5. The van der Waals surface area contributed by atoms with Crippen molar-refractivity contribution in [1.29, 1.82) is 0 Å². The number of hydrogen-bond acceptors (Lipinski definition) is 3. The quantitative estimate of drug-likeness (QED) is 0.623. The van der Waals surface area contributed by atoms with Crippen LogP contribution in [0.25, 0.3) is 0 Å². The molecule has 0 aromatic heterocycles. The molecule has 0 aliphatic carbocycles. The fourth-order valence-electron chi connectivity index (χ4n) is 1.39. The Morgan fingerprint density at radius 1 is 1.69 bits per heavy atom. The van der Waals surface area contributed by atoms with E-state index in [1.807, 2.05) is 11.8 Å². The molecule has 0 radical (unpaired) electrons. The minimum absolute atomic E-state index is 0.0540. The zero-order valence-corrected chi connectivity index (χ0v) is 8.45. The average molecular weight is 187 g/mol. The van der Waals surface area contributed by atoms with E-state index in [-0.39, 0.29) is 18.1 Å². The number of carbonyl (C=O) groups excluding carboxylic acids is 1. The van der Waals surface area contributed by atoms with E-state index in [1.165, 1.54) is 0 Å². The van der Waals surface area contributed by atoms with Gasteiger partial charge in [0.2, 0.25) is 0 Å². The molecule has 1 fully saturated rings. The molecule has 0 saturated carbocycles. The first kappa shape index (κ1) is 10.5. The van der Waals surface area contributed by atoms with Crippen molar-refractivity contribution < 1.29 is 14.3 Å². The summed E-state index contributed by atoms with van der Waals surface area (Å²) in [6.07, 6.45) is -0.347. The largest absolute Gasteiger partial charge is 0.377 e. The van der Waals surface area contributed by atoms with E-state index in [4.69, 9.17) is 9.47 Å². The second-order valence-electron chi connectivity index (χ2n) is 3.33. The van der Waals surface area contributed by atoms with Gasteiger partial charge >= 0.3 is 0 Å². The molecule has 0 aromatic carbocycles. The summed E-state index contributed by atoms with van der Waals surface area (Å²) >= 11 is 0. The minimum atomic E-state index is -0.347. The van der Waals surface area contributed by atoms with Crippen molar-refractivity contribution in [2.45, 2.75) is 26.0 Å². The fourth-order valence-corrected chi connectivity index (χ4v) is 1.39. The second-order valence-corrected chi connectivity index (χ2v) is 3.33. The van der Waals surface area contributed by atoms with Crippen LogP contribution in [0.5, 0.6) is 0 Å². The minimum Gasteiger partial charge on any atom is -0.377 e. The third-order valence-electron chi connectivity index (χ3n) is 2.35. The van der Waals surface area contributed by atoms with Crippen LogP contribution in [0.4, 0.5) is 0 Å². The molecule has 4 heteroatoms. The number of ether oxygens (including phenoxy) is 2. The molecular weight excluding hydrogens is 170 g/mol. The highest BCUT2D eigenvalue weighted by Gasteiger charge is 2.26. The molecule has 0 aromatic rings. The molecule has 0 spiro atoms. The lowest BCUT2D eigenvalue weighted by molar-refractivity contribution is -0.148. The molecule has 1 saturated heterocycles. The molecule has 76 valence electrons. The van der Waals surface area contributed by atoms with Gasteiger partial charge in [-0.25, -0.2) is 0 Å². The second kappa shape index (κ2) is 4.58. The summed E-state index contributed by atoms with van der Waals surface area (Å²) in [6, 6.07) is 0.166. The van der Waals surface area contributed by atoms with Crippen LogP contribution in [-0.2, 0) is 14.3 Å². The predicted octanol–water partition coefficient (Wildman–Crippen LogP) is 0.269. The first-order valence-electron chi connectivity index (χ1n) is 4.58. The number of methoxy groups -OCH3 is 1. The van der Waals surface area contributed by atoms with Crippen LogP contribution >= 0.6 is 0 Å². The first-order chi connectivity index (χ1) is 6.16. The summed E-state index contributed by atoms with van der Waals surface area (Å²) < 4.78 is 10.2. The van der Waals surface area contributed by atoms with E-state index in [2.05, 4.69) is 0 Å². The lowest BCUT2D eigenvalue weighted by Gasteiger charge is -2.34. The third kappa shape index (κ3) is 2.42. The molecule has 1 aliphatic rings. The van der Waals surface area contributed by atoms with Gasteiger partial charge in [0.1, 0.15) is 6.10 Å². The number of hydrogen-bond donors (Lipinski definition) is 0. The third-order valence-corrected chi connectivity index (χ3v) is 2.35. The molecular formula is C9H17NO3. The van der Waals surface area contributed by atoms with Gasteiger partial charge in [0.25, 0.3) is 5.91 Å². The fraction of sp³-hybridized carbons (Fsp3) is 0.889. The van der Waals surface area contributed by atoms with E-state index < -0.39 is 0 Å². The number of morpholine rings is 1. The van der Waals surface area contributed by atoms with Gasteiger partial charge in [-0.05, 0) is 13.8 Å². The van der Waals surface area contributed by atoms with Crippen LogP contribution < -0.4 is 0 Å². The van der Waals surface area contributed by atoms with E-state index >= 15 is 0 Å². The molecule has 1 amide bonds. The van der Waals surface area contributed by atoms with E-state index in [0.717, 1.165) is 0 Å². The standard InChI is InChI=1S/C9H17NO3/c1-7-6-13-5-4-10(7)9(11)8(2)12-3/h7-8H,4-6H2,1-3H3/t7-,8?/m0/s1. The maximum atomic E-state index is 11.7. The topological polar surface area (TPSA) is 38.8 Å². The van der Waals surface area contributed by atoms with Crippen LogP contribution in [0.3, 0.4) is 0 Å². The number of carbonyl (C=O) groups is 1. The van der Waals surface area contributed by atoms with Gasteiger partial charge in [-0.1, -0.05) is 0 Å². The molecule has 4 nitrogen and oxygen atoms in total. The van der Waals surface area contributed by atoms with E-state index in [0.29, 0.717) is 19.8 Å². The maximum absolute atomic E-state index is 11.7. The summed E-state index contributed by atoms with van der Waals surface area (Å²) in [6.45, 7) is 5.69. The highest BCUT2D eigenvalue weighted by Crippen LogP contribution is 2.08. The Morgan fingerprint density at radius 2 is 2.38 bits per heavy atom. The molecule has 13 heavy (non-hydrogen) atoms.